The van der Waals surface area contributed by atoms with Crippen LogP contribution in [0.4, 0.5) is 13.2 Å². The molecule has 1 aromatic rings. The second kappa shape index (κ2) is 10.5. The number of rotatable bonds is 7. The summed E-state index contributed by atoms with van der Waals surface area (Å²) in [4.78, 5) is 7.00. The van der Waals surface area contributed by atoms with Crippen LogP contribution in [-0.4, -0.2) is 50.6 Å². The van der Waals surface area contributed by atoms with E-state index in [9.17, 15) is 13.2 Å². The zero-order valence-corrected chi connectivity index (χ0v) is 16.3. The number of halogens is 3. The minimum atomic E-state index is -4.28. The number of hydrogen-bond donors (Lipinski definition) is 2. The second-order valence-corrected chi connectivity index (χ2v) is 7.17. The van der Waals surface area contributed by atoms with Gasteiger partial charge < -0.3 is 15.5 Å². The van der Waals surface area contributed by atoms with E-state index in [0.717, 1.165) is 49.1 Å². The summed E-state index contributed by atoms with van der Waals surface area (Å²) in [5.74, 6) is 1.53. The summed E-state index contributed by atoms with van der Waals surface area (Å²) in [5, 5.41) is 6.49. The fourth-order valence-electron chi connectivity index (χ4n) is 3.24. The molecule has 0 aliphatic carbocycles. The first-order chi connectivity index (χ1) is 12.9. The topological polar surface area (TPSA) is 39.7 Å². The molecule has 1 aliphatic rings. The van der Waals surface area contributed by atoms with Crippen LogP contribution < -0.4 is 10.6 Å². The van der Waals surface area contributed by atoms with E-state index in [4.69, 9.17) is 0 Å². The molecule has 1 aromatic carbocycles. The van der Waals surface area contributed by atoms with Crippen LogP contribution in [0.3, 0.4) is 0 Å². The summed E-state index contributed by atoms with van der Waals surface area (Å²) in [6.45, 7) is 6.55. The third-order valence-corrected chi connectivity index (χ3v) is 4.98. The SMILES string of the molecule is CCNC(=NCCC1CCN(C)CC1)NCCc1ccc(C(F)(F)F)cc1. The largest absolute Gasteiger partial charge is 0.416 e. The van der Waals surface area contributed by atoms with Crippen LogP contribution in [0.1, 0.15) is 37.3 Å². The Hall–Kier alpha value is -1.76. The van der Waals surface area contributed by atoms with Crippen LogP contribution in [0.15, 0.2) is 29.3 Å². The Morgan fingerprint density at radius 2 is 1.81 bits per heavy atom. The number of likely N-dealkylation sites (tertiary alicyclic amines) is 1. The monoisotopic (exact) mass is 384 g/mol. The van der Waals surface area contributed by atoms with Crippen LogP contribution >= 0.6 is 0 Å². The fraction of sp³-hybridized carbons (Fsp3) is 0.650. The van der Waals surface area contributed by atoms with Gasteiger partial charge in [0.2, 0.25) is 0 Å². The molecule has 0 unspecified atom stereocenters. The Labute approximate surface area is 160 Å². The van der Waals surface area contributed by atoms with Gasteiger partial charge in [-0.3, -0.25) is 4.99 Å². The predicted molar refractivity (Wildman–Crippen MR) is 104 cm³/mol. The zero-order valence-electron chi connectivity index (χ0n) is 16.3. The lowest BCUT2D eigenvalue weighted by Gasteiger charge is -2.28. The zero-order chi connectivity index (χ0) is 19.7. The molecule has 2 N–H and O–H groups in total. The van der Waals surface area contributed by atoms with Crippen LogP contribution in [0.2, 0.25) is 0 Å². The van der Waals surface area contributed by atoms with Gasteiger partial charge in [-0.1, -0.05) is 12.1 Å². The summed E-state index contributed by atoms with van der Waals surface area (Å²) < 4.78 is 37.8. The van der Waals surface area contributed by atoms with E-state index in [2.05, 4.69) is 27.6 Å². The summed E-state index contributed by atoms with van der Waals surface area (Å²) in [6.07, 6.45) is -0.0515. The fourth-order valence-corrected chi connectivity index (χ4v) is 3.24. The highest BCUT2D eigenvalue weighted by Gasteiger charge is 2.29. The van der Waals surface area contributed by atoms with Gasteiger partial charge in [-0.15, -0.1) is 0 Å². The lowest BCUT2D eigenvalue weighted by Crippen LogP contribution is -2.38. The summed E-state index contributed by atoms with van der Waals surface area (Å²) in [6, 6.07) is 5.34. The van der Waals surface area contributed by atoms with Gasteiger partial charge in [0.05, 0.1) is 5.56 Å². The molecule has 0 bridgehead atoms. The number of guanidine groups is 1. The van der Waals surface area contributed by atoms with Gasteiger partial charge >= 0.3 is 6.18 Å². The lowest BCUT2D eigenvalue weighted by atomic mass is 9.94. The number of alkyl halides is 3. The Kier molecular flexibility index (Phi) is 8.41. The molecule has 4 nitrogen and oxygen atoms in total. The maximum Gasteiger partial charge on any atom is 0.416 e. The van der Waals surface area contributed by atoms with Crippen molar-refractivity contribution in [3.63, 3.8) is 0 Å². The quantitative estimate of drug-likeness (QED) is 0.558. The third kappa shape index (κ3) is 7.79. The molecule has 0 radical (unpaired) electrons. The summed E-state index contributed by atoms with van der Waals surface area (Å²) in [7, 11) is 2.16. The Morgan fingerprint density at radius 1 is 1.15 bits per heavy atom. The predicted octanol–water partition coefficient (Wildman–Crippen LogP) is 3.53. The number of nitrogens with one attached hydrogen (secondary N) is 2. The standard InChI is InChI=1S/C20H31F3N4/c1-3-24-19(26-13-9-17-10-14-27(2)15-11-17)25-12-8-16-4-6-18(7-5-16)20(21,22)23/h4-7,17H,3,8-15H2,1-2H3,(H2,24,25,26). The van der Waals surface area contributed by atoms with Crippen LogP contribution in [0.5, 0.6) is 0 Å². The highest BCUT2D eigenvalue weighted by Crippen LogP contribution is 2.29. The molecule has 0 spiro atoms. The van der Waals surface area contributed by atoms with Gasteiger partial charge in [0, 0.05) is 19.6 Å². The van der Waals surface area contributed by atoms with Crippen LogP contribution in [0.25, 0.3) is 0 Å². The molecule has 0 amide bonds. The van der Waals surface area contributed by atoms with Gasteiger partial charge in [0.25, 0.3) is 0 Å². The van der Waals surface area contributed by atoms with Gasteiger partial charge in [-0.25, -0.2) is 0 Å². The molecular formula is C20H31F3N4. The first-order valence-electron chi connectivity index (χ1n) is 9.75. The molecule has 7 heteroatoms. The molecule has 2 rings (SSSR count). The van der Waals surface area contributed by atoms with Crippen molar-refractivity contribution >= 4 is 5.96 Å². The van der Waals surface area contributed by atoms with E-state index in [-0.39, 0.29) is 0 Å². The number of benzene rings is 1. The van der Waals surface area contributed by atoms with Crippen molar-refractivity contribution in [1.82, 2.24) is 15.5 Å². The number of hydrogen-bond acceptors (Lipinski definition) is 2. The van der Waals surface area contributed by atoms with E-state index in [1.165, 1.54) is 38.1 Å². The average molecular weight is 384 g/mol. The minimum Gasteiger partial charge on any atom is -0.357 e. The van der Waals surface area contributed by atoms with E-state index < -0.39 is 11.7 Å². The van der Waals surface area contributed by atoms with E-state index in [1.807, 2.05) is 6.92 Å². The molecule has 1 saturated heterocycles. The number of piperidine rings is 1. The molecule has 0 saturated carbocycles. The molecule has 0 atom stereocenters. The van der Waals surface area contributed by atoms with Crippen molar-refractivity contribution in [3.8, 4) is 0 Å². The Morgan fingerprint density at radius 3 is 2.41 bits per heavy atom. The molecule has 0 aromatic heterocycles. The number of nitrogens with zero attached hydrogens (tertiary/aromatic N) is 2. The third-order valence-electron chi connectivity index (χ3n) is 4.98. The summed E-state index contributed by atoms with van der Waals surface area (Å²) in [5.41, 5.74) is 0.265. The molecular weight excluding hydrogens is 353 g/mol. The van der Waals surface area contributed by atoms with Crippen molar-refractivity contribution in [2.24, 2.45) is 10.9 Å². The molecule has 1 aliphatic heterocycles. The summed E-state index contributed by atoms with van der Waals surface area (Å²) >= 11 is 0. The van der Waals surface area contributed by atoms with Crippen LogP contribution in [-0.2, 0) is 12.6 Å². The second-order valence-electron chi connectivity index (χ2n) is 7.17. The van der Waals surface area contributed by atoms with Gasteiger partial charge in [0.15, 0.2) is 5.96 Å². The maximum absolute atomic E-state index is 12.6. The average Bonchev–Trinajstić information content (AvgIpc) is 2.63. The highest BCUT2D eigenvalue weighted by atomic mass is 19.4. The molecule has 1 heterocycles. The molecule has 1 fully saturated rings. The van der Waals surface area contributed by atoms with Crippen molar-refractivity contribution in [2.75, 3.05) is 39.8 Å². The van der Waals surface area contributed by atoms with Gasteiger partial charge in [0.1, 0.15) is 0 Å². The maximum atomic E-state index is 12.6. The van der Waals surface area contributed by atoms with Gasteiger partial charge in [-0.2, -0.15) is 13.2 Å². The highest BCUT2D eigenvalue weighted by molar-refractivity contribution is 5.79. The molecule has 152 valence electrons. The Bertz CT molecular complexity index is 576. The van der Waals surface area contributed by atoms with Crippen molar-refractivity contribution in [2.45, 2.75) is 38.8 Å². The van der Waals surface area contributed by atoms with Crippen molar-refractivity contribution < 1.29 is 13.2 Å². The lowest BCUT2D eigenvalue weighted by molar-refractivity contribution is -0.137. The van der Waals surface area contributed by atoms with Gasteiger partial charge in [-0.05, 0) is 76.4 Å². The Balaban J connectivity index is 1.74. The van der Waals surface area contributed by atoms with Crippen molar-refractivity contribution in [1.29, 1.82) is 0 Å². The molecule has 27 heavy (non-hydrogen) atoms. The minimum absolute atomic E-state index is 0.608. The smallest absolute Gasteiger partial charge is 0.357 e. The number of aliphatic imine (C=N–C) groups is 1. The van der Waals surface area contributed by atoms with Crippen LogP contribution in [0, 0.1) is 5.92 Å². The first kappa shape index (κ1) is 21.5. The van der Waals surface area contributed by atoms with E-state index in [0.29, 0.717) is 13.0 Å². The van der Waals surface area contributed by atoms with E-state index >= 15 is 0 Å². The van der Waals surface area contributed by atoms with E-state index in [1.54, 1.807) is 0 Å². The normalized spacial score (nSPS) is 17.1. The first-order valence-corrected chi connectivity index (χ1v) is 9.75. The van der Waals surface area contributed by atoms with Crippen molar-refractivity contribution in [3.05, 3.63) is 35.4 Å².